The van der Waals surface area contributed by atoms with Crippen molar-refractivity contribution in [1.82, 2.24) is 0 Å². The molecule has 4 nitrogen and oxygen atoms in total. The van der Waals surface area contributed by atoms with Gasteiger partial charge < -0.3 is 15.4 Å². The van der Waals surface area contributed by atoms with Gasteiger partial charge in [-0.15, -0.1) is 0 Å². The van der Waals surface area contributed by atoms with Gasteiger partial charge in [0.1, 0.15) is 5.75 Å². The fraction of sp³-hybridized carbons (Fsp3) is 0.235. The van der Waals surface area contributed by atoms with E-state index in [0.29, 0.717) is 10.7 Å². The summed E-state index contributed by atoms with van der Waals surface area (Å²) < 4.78 is 5.62. The second-order valence-electron chi connectivity index (χ2n) is 5.08. The molecule has 0 bridgehead atoms. The Bertz CT molecular complexity index is 644. The van der Waals surface area contributed by atoms with E-state index in [9.17, 15) is 4.79 Å². The molecule has 0 heterocycles. The lowest BCUT2D eigenvalue weighted by molar-refractivity contribution is -0.114. The van der Waals surface area contributed by atoms with Crippen molar-refractivity contribution in [1.29, 1.82) is 0 Å². The summed E-state index contributed by atoms with van der Waals surface area (Å²) in [5.74, 6) is 0.606. The molecule has 0 aromatic heterocycles. The molecule has 0 atom stereocenters. The van der Waals surface area contributed by atoms with E-state index in [1.54, 1.807) is 12.1 Å². The van der Waals surface area contributed by atoms with Crippen LogP contribution in [0.1, 0.15) is 13.8 Å². The molecule has 5 heteroatoms. The molecule has 0 aliphatic rings. The smallest absolute Gasteiger partial charge is 0.243 e. The second kappa shape index (κ2) is 7.71. The van der Waals surface area contributed by atoms with Gasteiger partial charge in [0.15, 0.2) is 0 Å². The van der Waals surface area contributed by atoms with Crippen molar-refractivity contribution in [2.24, 2.45) is 0 Å². The van der Waals surface area contributed by atoms with Gasteiger partial charge in [-0.3, -0.25) is 4.79 Å². The highest BCUT2D eigenvalue weighted by atomic mass is 35.5. The lowest BCUT2D eigenvalue weighted by Crippen LogP contribution is -2.21. The van der Waals surface area contributed by atoms with Gasteiger partial charge in [-0.05, 0) is 38.1 Å². The van der Waals surface area contributed by atoms with Crippen molar-refractivity contribution in [2.45, 2.75) is 20.0 Å². The van der Waals surface area contributed by atoms with Gasteiger partial charge in [-0.1, -0.05) is 29.8 Å². The van der Waals surface area contributed by atoms with Crippen molar-refractivity contribution in [2.75, 3.05) is 17.2 Å². The summed E-state index contributed by atoms with van der Waals surface area (Å²) in [6, 6.07) is 14.6. The Hall–Kier alpha value is -2.20. The Morgan fingerprint density at radius 3 is 2.68 bits per heavy atom. The van der Waals surface area contributed by atoms with Crippen LogP contribution in [0, 0.1) is 0 Å². The molecule has 0 radical (unpaired) electrons. The number of hydrogen-bond donors (Lipinski definition) is 2. The maximum absolute atomic E-state index is 11.9. The number of ether oxygens (including phenoxy) is 1. The van der Waals surface area contributed by atoms with Crippen LogP contribution in [0.3, 0.4) is 0 Å². The van der Waals surface area contributed by atoms with Crippen LogP contribution < -0.4 is 15.4 Å². The second-order valence-corrected chi connectivity index (χ2v) is 5.48. The van der Waals surface area contributed by atoms with Crippen molar-refractivity contribution >= 4 is 28.9 Å². The molecule has 116 valence electrons. The first-order valence-electron chi connectivity index (χ1n) is 7.09. The van der Waals surface area contributed by atoms with Crippen molar-refractivity contribution in [3.63, 3.8) is 0 Å². The Kier molecular flexibility index (Phi) is 5.67. The molecule has 0 saturated carbocycles. The van der Waals surface area contributed by atoms with E-state index in [0.717, 1.165) is 11.4 Å². The molecule has 2 rings (SSSR count). The fourth-order valence-corrected chi connectivity index (χ4v) is 2.07. The van der Waals surface area contributed by atoms with Gasteiger partial charge in [0.05, 0.1) is 23.4 Å². The van der Waals surface area contributed by atoms with E-state index in [-0.39, 0.29) is 18.6 Å². The molecule has 2 aromatic rings. The standard InChI is InChI=1S/C17H19ClN2O2/c1-12(2)22-14-7-5-6-13(10-14)19-11-17(21)20-16-9-4-3-8-15(16)18/h3-10,12,19H,11H2,1-2H3,(H,20,21). The first kappa shape index (κ1) is 16.2. The van der Waals surface area contributed by atoms with E-state index < -0.39 is 0 Å². The van der Waals surface area contributed by atoms with Gasteiger partial charge in [0.2, 0.25) is 5.91 Å². The normalized spacial score (nSPS) is 10.4. The minimum absolute atomic E-state index is 0.110. The molecule has 2 aromatic carbocycles. The SMILES string of the molecule is CC(C)Oc1cccc(NCC(=O)Nc2ccccc2Cl)c1. The maximum atomic E-state index is 11.9. The number of carbonyl (C=O) groups is 1. The molecule has 0 fully saturated rings. The number of hydrogen-bond acceptors (Lipinski definition) is 3. The molecule has 22 heavy (non-hydrogen) atoms. The number of para-hydroxylation sites is 1. The van der Waals surface area contributed by atoms with Crippen LogP contribution in [0.4, 0.5) is 11.4 Å². The molecule has 1 amide bonds. The van der Waals surface area contributed by atoms with Gasteiger partial charge in [0.25, 0.3) is 0 Å². The monoisotopic (exact) mass is 318 g/mol. The average molecular weight is 319 g/mol. The third-order valence-electron chi connectivity index (χ3n) is 2.81. The molecule has 0 saturated heterocycles. The van der Waals surface area contributed by atoms with Crippen molar-refractivity contribution in [3.05, 3.63) is 53.6 Å². The molecular weight excluding hydrogens is 300 g/mol. The molecule has 0 spiro atoms. The Balaban J connectivity index is 1.90. The topological polar surface area (TPSA) is 50.4 Å². The lowest BCUT2D eigenvalue weighted by atomic mass is 10.3. The van der Waals surface area contributed by atoms with Crippen LogP contribution in [0.2, 0.25) is 5.02 Å². The summed E-state index contributed by atoms with van der Waals surface area (Å²) in [4.78, 5) is 11.9. The zero-order chi connectivity index (χ0) is 15.9. The molecular formula is C17H19ClN2O2. The van der Waals surface area contributed by atoms with E-state index in [1.165, 1.54) is 0 Å². The van der Waals surface area contributed by atoms with Crippen molar-refractivity contribution in [3.8, 4) is 5.75 Å². The number of anilines is 2. The number of benzene rings is 2. The first-order valence-corrected chi connectivity index (χ1v) is 7.47. The molecule has 0 aliphatic carbocycles. The lowest BCUT2D eigenvalue weighted by Gasteiger charge is -2.12. The van der Waals surface area contributed by atoms with Crippen LogP contribution in [0.15, 0.2) is 48.5 Å². The summed E-state index contributed by atoms with van der Waals surface area (Å²) in [5.41, 5.74) is 1.43. The minimum atomic E-state index is -0.164. The zero-order valence-corrected chi connectivity index (χ0v) is 13.4. The van der Waals surface area contributed by atoms with Crippen LogP contribution in [-0.4, -0.2) is 18.6 Å². The van der Waals surface area contributed by atoms with E-state index in [4.69, 9.17) is 16.3 Å². The maximum Gasteiger partial charge on any atom is 0.243 e. The average Bonchev–Trinajstić information content (AvgIpc) is 2.47. The van der Waals surface area contributed by atoms with Crippen LogP contribution >= 0.6 is 11.6 Å². The van der Waals surface area contributed by atoms with Gasteiger partial charge in [-0.2, -0.15) is 0 Å². The quantitative estimate of drug-likeness (QED) is 0.840. The largest absolute Gasteiger partial charge is 0.491 e. The van der Waals surface area contributed by atoms with Crippen molar-refractivity contribution < 1.29 is 9.53 Å². The van der Waals surface area contributed by atoms with Crippen LogP contribution in [0.5, 0.6) is 5.75 Å². The molecule has 0 unspecified atom stereocenters. The Morgan fingerprint density at radius 2 is 1.95 bits per heavy atom. The predicted octanol–water partition coefficient (Wildman–Crippen LogP) is 4.18. The highest BCUT2D eigenvalue weighted by Gasteiger charge is 2.05. The summed E-state index contributed by atoms with van der Waals surface area (Å²) in [6.45, 7) is 4.09. The van der Waals surface area contributed by atoms with E-state index >= 15 is 0 Å². The van der Waals surface area contributed by atoms with Crippen LogP contribution in [0.25, 0.3) is 0 Å². The molecule has 0 aliphatic heterocycles. The third-order valence-corrected chi connectivity index (χ3v) is 3.14. The van der Waals surface area contributed by atoms with Crippen LogP contribution in [-0.2, 0) is 4.79 Å². The van der Waals surface area contributed by atoms with E-state index in [1.807, 2.05) is 50.2 Å². The highest BCUT2D eigenvalue weighted by molar-refractivity contribution is 6.33. The van der Waals surface area contributed by atoms with E-state index in [2.05, 4.69) is 10.6 Å². The highest BCUT2D eigenvalue weighted by Crippen LogP contribution is 2.21. The Labute approximate surface area is 135 Å². The third kappa shape index (κ3) is 4.97. The number of amides is 1. The van der Waals surface area contributed by atoms with Gasteiger partial charge in [-0.25, -0.2) is 0 Å². The fourth-order valence-electron chi connectivity index (χ4n) is 1.89. The number of nitrogens with one attached hydrogen (secondary N) is 2. The predicted molar refractivity (Wildman–Crippen MR) is 90.8 cm³/mol. The summed E-state index contributed by atoms with van der Waals surface area (Å²) in [5, 5.41) is 6.34. The van der Waals surface area contributed by atoms with Gasteiger partial charge >= 0.3 is 0 Å². The summed E-state index contributed by atoms with van der Waals surface area (Å²) in [6.07, 6.45) is 0.110. The summed E-state index contributed by atoms with van der Waals surface area (Å²) in [7, 11) is 0. The first-order chi connectivity index (χ1) is 10.5. The number of carbonyl (C=O) groups excluding carboxylic acids is 1. The molecule has 2 N–H and O–H groups in total. The summed E-state index contributed by atoms with van der Waals surface area (Å²) >= 11 is 6.00. The Morgan fingerprint density at radius 1 is 1.18 bits per heavy atom. The minimum Gasteiger partial charge on any atom is -0.491 e. The van der Waals surface area contributed by atoms with Gasteiger partial charge in [0, 0.05) is 11.8 Å². The zero-order valence-electron chi connectivity index (χ0n) is 12.6. The number of halogens is 1. The number of rotatable bonds is 6.